The molecule has 0 aromatic carbocycles. The summed E-state index contributed by atoms with van der Waals surface area (Å²) in [5.74, 6) is 0. The topological polar surface area (TPSA) is 50.1 Å². The Morgan fingerprint density at radius 2 is 2.43 bits per heavy atom. The number of hydrogen-bond acceptors (Lipinski definition) is 3. The van der Waals surface area contributed by atoms with E-state index in [9.17, 15) is 5.11 Å². The van der Waals surface area contributed by atoms with Gasteiger partial charge in [-0.15, -0.1) is 0 Å². The van der Waals surface area contributed by atoms with Gasteiger partial charge in [0.05, 0.1) is 16.9 Å². The summed E-state index contributed by atoms with van der Waals surface area (Å²) < 4.78 is 1.60. The lowest BCUT2D eigenvalue weighted by atomic mass is 10.2. The quantitative estimate of drug-likeness (QED) is 0.727. The molecule has 80 valence electrons. The van der Waals surface area contributed by atoms with Gasteiger partial charge in [0.15, 0.2) is 0 Å². The number of hydrogen-bond donors (Lipinski definition) is 2. The van der Waals surface area contributed by atoms with Crippen LogP contribution in [0, 0.1) is 0 Å². The molecule has 4 nitrogen and oxygen atoms in total. The molecule has 0 aliphatic rings. The van der Waals surface area contributed by atoms with Crippen LogP contribution in [-0.2, 0) is 7.05 Å². The third kappa shape index (κ3) is 2.70. The SMILES string of the molecule is CCCNCC(O)c1c(Cl)cnn1C. The van der Waals surface area contributed by atoms with Crippen LogP contribution in [-0.4, -0.2) is 28.0 Å². The maximum Gasteiger partial charge on any atom is 0.109 e. The third-order valence-corrected chi connectivity index (χ3v) is 2.31. The van der Waals surface area contributed by atoms with Crippen molar-refractivity contribution in [1.82, 2.24) is 15.1 Å². The summed E-state index contributed by atoms with van der Waals surface area (Å²) in [5.41, 5.74) is 0.662. The molecule has 1 unspecified atom stereocenters. The van der Waals surface area contributed by atoms with E-state index in [0.717, 1.165) is 13.0 Å². The first kappa shape index (κ1) is 11.5. The van der Waals surface area contributed by atoms with Gasteiger partial charge in [-0.3, -0.25) is 4.68 Å². The van der Waals surface area contributed by atoms with Crippen molar-refractivity contribution in [2.24, 2.45) is 7.05 Å². The number of aliphatic hydroxyl groups is 1. The monoisotopic (exact) mass is 217 g/mol. The van der Waals surface area contributed by atoms with E-state index in [2.05, 4.69) is 17.3 Å². The lowest BCUT2D eigenvalue weighted by molar-refractivity contribution is 0.165. The molecule has 0 amide bonds. The lowest BCUT2D eigenvalue weighted by Crippen LogP contribution is -2.23. The van der Waals surface area contributed by atoms with Crippen molar-refractivity contribution < 1.29 is 5.11 Å². The number of rotatable bonds is 5. The first-order valence-corrected chi connectivity index (χ1v) is 5.10. The second-order valence-corrected chi connectivity index (χ2v) is 3.63. The maximum absolute atomic E-state index is 9.79. The zero-order valence-electron chi connectivity index (χ0n) is 8.50. The molecule has 0 bridgehead atoms. The number of aromatic nitrogens is 2. The van der Waals surface area contributed by atoms with E-state index in [4.69, 9.17) is 11.6 Å². The molecule has 0 saturated carbocycles. The zero-order chi connectivity index (χ0) is 10.6. The molecule has 0 radical (unpaired) electrons. The summed E-state index contributed by atoms with van der Waals surface area (Å²) in [6.45, 7) is 3.48. The highest BCUT2D eigenvalue weighted by atomic mass is 35.5. The van der Waals surface area contributed by atoms with E-state index in [1.807, 2.05) is 0 Å². The second-order valence-electron chi connectivity index (χ2n) is 3.22. The van der Waals surface area contributed by atoms with Gasteiger partial charge in [0.2, 0.25) is 0 Å². The highest BCUT2D eigenvalue weighted by molar-refractivity contribution is 6.31. The van der Waals surface area contributed by atoms with Gasteiger partial charge in [-0.2, -0.15) is 5.10 Å². The number of aryl methyl sites for hydroxylation is 1. The molecule has 0 spiro atoms. The van der Waals surface area contributed by atoms with E-state index in [0.29, 0.717) is 17.3 Å². The van der Waals surface area contributed by atoms with Crippen molar-refractivity contribution in [3.8, 4) is 0 Å². The van der Waals surface area contributed by atoms with Crippen LogP contribution in [0.25, 0.3) is 0 Å². The molecule has 0 saturated heterocycles. The lowest BCUT2D eigenvalue weighted by Gasteiger charge is -2.12. The molecule has 1 aromatic heterocycles. The van der Waals surface area contributed by atoms with Gasteiger partial charge in [0.25, 0.3) is 0 Å². The van der Waals surface area contributed by atoms with Gasteiger partial charge in [-0.25, -0.2) is 0 Å². The van der Waals surface area contributed by atoms with Crippen molar-refractivity contribution in [2.45, 2.75) is 19.4 Å². The summed E-state index contributed by atoms with van der Waals surface area (Å²) in [7, 11) is 1.77. The molecule has 0 aliphatic carbocycles. The largest absolute Gasteiger partial charge is 0.385 e. The summed E-state index contributed by atoms with van der Waals surface area (Å²) in [6, 6.07) is 0. The van der Waals surface area contributed by atoms with Crippen LogP contribution in [0.4, 0.5) is 0 Å². The second kappa shape index (κ2) is 5.34. The smallest absolute Gasteiger partial charge is 0.109 e. The number of halogens is 1. The van der Waals surface area contributed by atoms with E-state index in [-0.39, 0.29) is 0 Å². The predicted molar refractivity (Wildman–Crippen MR) is 56.3 cm³/mol. The van der Waals surface area contributed by atoms with Crippen molar-refractivity contribution >= 4 is 11.6 Å². The Labute approximate surface area is 88.9 Å². The van der Waals surface area contributed by atoms with E-state index in [1.54, 1.807) is 17.9 Å². The van der Waals surface area contributed by atoms with Crippen LogP contribution in [0.2, 0.25) is 5.02 Å². The van der Waals surface area contributed by atoms with Crippen LogP contribution in [0.1, 0.15) is 25.1 Å². The molecule has 0 aliphatic heterocycles. The first-order valence-electron chi connectivity index (χ1n) is 4.73. The minimum Gasteiger partial charge on any atom is -0.385 e. The highest BCUT2D eigenvalue weighted by Crippen LogP contribution is 2.21. The van der Waals surface area contributed by atoms with Gasteiger partial charge >= 0.3 is 0 Å². The fraction of sp³-hybridized carbons (Fsp3) is 0.667. The van der Waals surface area contributed by atoms with Crippen molar-refractivity contribution in [3.63, 3.8) is 0 Å². The first-order chi connectivity index (χ1) is 6.66. The summed E-state index contributed by atoms with van der Waals surface area (Å²) in [4.78, 5) is 0. The van der Waals surface area contributed by atoms with Gasteiger partial charge in [0.1, 0.15) is 6.10 Å². The van der Waals surface area contributed by atoms with Crippen LogP contribution >= 0.6 is 11.6 Å². The van der Waals surface area contributed by atoms with E-state index < -0.39 is 6.10 Å². The molecule has 2 N–H and O–H groups in total. The van der Waals surface area contributed by atoms with Gasteiger partial charge < -0.3 is 10.4 Å². The van der Waals surface area contributed by atoms with Crippen molar-refractivity contribution in [3.05, 3.63) is 16.9 Å². The average molecular weight is 218 g/mol. The standard InChI is InChI=1S/C9H16ClN3O/c1-3-4-11-6-8(14)9-7(10)5-12-13(9)2/h5,8,11,14H,3-4,6H2,1-2H3. The molecule has 1 aromatic rings. The Hall–Kier alpha value is -0.580. The Morgan fingerprint density at radius 1 is 1.71 bits per heavy atom. The molecule has 0 fully saturated rings. The van der Waals surface area contributed by atoms with Crippen molar-refractivity contribution in [1.29, 1.82) is 0 Å². The summed E-state index contributed by atoms with van der Waals surface area (Å²) in [5, 5.41) is 17.4. The summed E-state index contributed by atoms with van der Waals surface area (Å²) >= 11 is 5.88. The molecule has 14 heavy (non-hydrogen) atoms. The van der Waals surface area contributed by atoms with Crippen molar-refractivity contribution in [2.75, 3.05) is 13.1 Å². The number of nitrogens with zero attached hydrogens (tertiary/aromatic N) is 2. The highest BCUT2D eigenvalue weighted by Gasteiger charge is 2.15. The Morgan fingerprint density at radius 3 is 2.93 bits per heavy atom. The van der Waals surface area contributed by atoms with Gasteiger partial charge in [-0.05, 0) is 13.0 Å². The predicted octanol–water partition coefficient (Wildman–Crippen LogP) is 1.11. The molecule has 1 rings (SSSR count). The molecule has 1 atom stereocenters. The van der Waals surface area contributed by atoms with Crippen LogP contribution < -0.4 is 5.32 Å². The Balaban J connectivity index is 2.55. The Bertz CT molecular complexity index is 268. The minimum absolute atomic E-state index is 0.507. The van der Waals surface area contributed by atoms with Crippen LogP contribution in [0.3, 0.4) is 0 Å². The molecular weight excluding hydrogens is 202 g/mol. The average Bonchev–Trinajstić information content (AvgIpc) is 2.46. The molecule has 1 heterocycles. The minimum atomic E-state index is -0.596. The summed E-state index contributed by atoms with van der Waals surface area (Å²) in [6.07, 6.45) is 1.99. The van der Waals surface area contributed by atoms with Gasteiger partial charge in [0, 0.05) is 13.6 Å². The Kier molecular flexibility index (Phi) is 4.38. The third-order valence-electron chi connectivity index (χ3n) is 2.02. The van der Waals surface area contributed by atoms with Gasteiger partial charge in [-0.1, -0.05) is 18.5 Å². The number of nitrogens with one attached hydrogen (secondary N) is 1. The number of aliphatic hydroxyl groups excluding tert-OH is 1. The molecule has 5 heteroatoms. The maximum atomic E-state index is 9.79. The fourth-order valence-corrected chi connectivity index (χ4v) is 1.60. The normalized spacial score (nSPS) is 13.1. The molecular formula is C9H16ClN3O. The van der Waals surface area contributed by atoms with Crippen LogP contribution in [0.5, 0.6) is 0 Å². The van der Waals surface area contributed by atoms with E-state index in [1.165, 1.54) is 0 Å². The van der Waals surface area contributed by atoms with Crippen LogP contribution in [0.15, 0.2) is 6.20 Å². The van der Waals surface area contributed by atoms with E-state index >= 15 is 0 Å². The zero-order valence-corrected chi connectivity index (χ0v) is 9.25. The fourth-order valence-electron chi connectivity index (χ4n) is 1.31.